The molecule has 38 heavy (non-hydrogen) atoms. The number of esters is 1. The molecule has 8 nitrogen and oxygen atoms in total. The maximum absolute atomic E-state index is 13.7. The molecular weight excluding hydrogens is 524 g/mol. The SMILES string of the molecule is CC(O)C1=C(C(=O)OC(c2ccccc2)c2ccccc2)N2C(=O)[C@@H](NC(=O)Cc3cccs3)[C@@H]2[S+]([O-])C1. The van der Waals surface area contributed by atoms with Crippen LogP contribution in [0.25, 0.3) is 0 Å². The molecule has 0 aliphatic carbocycles. The Bertz CT molecular complexity index is 1300. The number of β-lactam (4-membered cyclic amide) rings is 1. The molecule has 0 spiro atoms. The minimum Gasteiger partial charge on any atom is -0.614 e. The number of benzene rings is 2. The van der Waals surface area contributed by atoms with E-state index in [1.54, 1.807) is 0 Å². The number of carbonyl (C=O) groups is 3. The highest BCUT2D eigenvalue weighted by Crippen LogP contribution is 2.39. The Morgan fingerprint density at radius 3 is 2.29 bits per heavy atom. The highest BCUT2D eigenvalue weighted by molar-refractivity contribution is 7.92. The maximum atomic E-state index is 13.7. The molecule has 2 aliphatic heterocycles. The van der Waals surface area contributed by atoms with Gasteiger partial charge in [-0.25, -0.2) is 4.79 Å². The molecule has 0 saturated carbocycles. The summed E-state index contributed by atoms with van der Waals surface area (Å²) in [6.45, 7) is 1.45. The molecule has 1 saturated heterocycles. The second-order valence-electron chi connectivity index (χ2n) is 9.08. The Hall–Kier alpha value is -3.44. The summed E-state index contributed by atoms with van der Waals surface area (Å²) in [6.07, 6.45) is -1.80. The Balaban J connectivity index is 1.42. The first-order valence-electron chi connectivity index (χ1n) is 12.1. The summed E-state index contributed by atoms with van der Waals surface area (Å²) in [6, 6.07) is 21.0. The van der Waals surface area contributed by atoms with E-state index in [-0.39, 0.29) is 29.4 Å². The summed E-state index contributed by atoms with van der Waals surface area (Å²) < 4.78 is 19.1. The Kier molecular flexibility index (Phi) is 7.66. The lowest BCUT2D eigenvalue weighted by molar-refractivity contribution is -0.155. The molecule has 3 aromatic rings. The zero-order chi connectivity index (χ0) is 26.8. The summed E-state index contributed by atoms with van der Waals surface area (Å²) in [5, 5.41) is 14.1. The lowest BCUT2D eigenvalue weighted by Gasteiger charge is -2.49. The van der Waals surface area contributed by atoms with E-state index in [0.29, 0.717) is 0 Å². The molecule has 2 unspecified atom stereocenters. The van der Waals surface area contributed by atoms with Gasteiger partial charge in [0.05, 0.1) is 12.5 Å². The van der Waals surface area contributed by atoms with Gasteiger partial charge in [-0.1, -0.05) is 66.7 Å². The monoisotopic (exact) mass is 550 g/mol. The third-order valence-corrected chi connectivity index (χ3v) is 9.01. The fourth-order valence-electron chi connectivity index (χ4n) is 4.66. The lowest BCUT2D eigenvalue weighted by atomic mass is 9.99. The number of nitrogens with one attached hydrogen (secondary N) is 1. The van der Waals surface area contributed by atoms with Crippen LogP contribution in [-0.4, -0.2) is 55.6 Å². The van der Waals surface area contributed by atoms with Gasteiger partial charge in [-0.05, 0) is 40.7 Å². The summed E-state index contributed by atoms with van der Waals surface area (Å²) >= 11 is -0.214. The van der Waals surface area contributed by atoms with E-state index in [2.05, 4.69) is 5.32 Å². The van der Waals surface area contributed by atoms with Gasteiger partial charge in [-0.2, -0.15) is 0 Å². The number of aliphatic hydroxyl groups excluding tert-OH is 1. The summed E-state index contributed by atoms with van der Waals surface area (Å²) in [7, 11) is 0. The van der Waals surface area contributed by atoms with Gasteiger partial charge in [0.1, 0.15) is 11.4 Å². The van der Waals surface area contributed by atoms with E-state index in [4.69, 9.17) is 4.74 Å². The van der Waals surface area contributed by atoms with Gasteiger partial charge in [-0.15, -0.1) is 11.3 Å². The number of fused-ring (bicyclic) bond motifs is 1. The molecule has 3 heterocycles. The molecule has 2 N–H and O–H groups in total. The predicted octanol–water partition coefficient (Wildman–Crippen LogP) is 2.67. The van der Waals surface area contributed by atoms with E-state index in [9.17, 15) is 24.0 Å². The Morgan fingerprint density at radius 2 is 1.74 bits per heavy atom. The number of amides is 2. The van der Waals surface area contributed by atoms with Crippen LogP contribution in [0, 0.1) is 0 Å². The molecule has 4 atom stereocenters. The van der Waals surface area contributed by atoms with Crippen LogP contribution >= 0.6 is 11.3 Å². The molecule has 2 aliphatic rings. The van der Waals surface area contributed by atoms with Gasteiger partial charge in [-0.3, -0.25) is 14.5 Å². The molecule has 5 rings (SSSR count). The Morgan fingerprint density at radius 1 is 1.11 bits per heavy atom. The number of ether oxygens (including phenoxy) is 1. The highest BCUT2D eigenvalue weighted by Gasteiger charge is 2.61. The van der Waals surface area contributed by atoms with Crippen molar-refractivity contribution in [3.05, 3.63) is 105 Å². The van der Waals surface area contributed by atoms with Crippen LogP contribution in [0.15, 0.2) is 89.4 Å². The van der Waals surface area contributed by atoms with Crippen molar-refractivity contribution in [2.75, 3.05) is 5.75 Å². The van der Waals surface area contributed by atoms with Gasteiger partial charge < -0.3 is 19.7 Å². The number of hydrogen-bond acceptors (Lipinski definition) is 7. The molecule has 0 bridgehead atoms. The number of thiophene rings is 1. The van der Waals surface area contributed by atoms with Crippen LogP contribution in [-0.2, 0) is 36.7 Å². The molecule has 1 fully saturated rings. The van der Waals surface area contributed by atoms with Crippen LogP contribution in [0.3, 0.4) is 0 Å². The third-order valence-electron chi connectivity index (χ3n) is 6.51. The van der Waals surface area contributed by atoms with Crippen LogP contribution in [0.1, 0.15) is 29.0 Å². The Labute approximate surface area is 227 Å². The first-order chi connectivity index (χ1) is 18.3. The van der Waals surface area contributed by atoms with Crippen molar-refractivity contribution in [3.63, 3.8) is 0 Å². The average Bonchev–Trinajstić information content (AvgIpc) is 3.43. The first kappa shape index (κ1) is 26.2. The summed E-state index contributed by atoms with van der Waals surface area (Å²) in [5.41, 5.74) is 1.52. The second kappa shape index (κ2) is 11.1. The van der Waals surface area contributed by atoms with Crippen molar-refractivity contribution in [3.8, 4) is 0 Å². The van der Waals surface area contributed by atoms with E-state index in [1.165, 1.54) is 18.3 Å². The third kappa shape index (κ3) is 5.12. The van der Waals surface area contributed by atoms with E-state index < -0.39 is 46.7 Å². The number of hydrogen-bond donors (Lipinski definition) is 2. The first-order valence-corrected chi connectivity index (χ1v) is 14.3. The molecule has 2 amide bonds. The largest absolute Gasteiger partial charge is 0.614 e. The molecule has 2 aromatic carbocycles. The predicted molar refractivity (Wildman–Crippen MR) is 143 cm³/mol. The summed E-state index contributed by atoms with van der Waals surface area (Å²) in [4.78, 5) is 41.5. The highest BCUT2D eigenvalue weighted by atomic mass is 32.2. The van der Waals surface area contributed by atoms with Crippen LogP contribution < -0.4 is 5.32 Å². The number of carbonyl (C=O) groups excluding carboxylic acids is 3. The van der Waals surface area contributed by atoms with Crippen LogP contribution in [0.5, 0.6) is 0 Å². The van der Waals surface area contributed by atoms with Crippen molar-refractivity contribution in [2.45, 2.75) is 37.0 Å². The zero-order valence-corrected chi connectivity index (χ0v) is 22.1. The van der Waals surface area contributed by atoms with Crippen molar-refractivity contribution < 1.29 is 28.8 Å². The maximum Gasteiger partial charge on any atom is 0.356 e. The number of nitrogens with zero attached hydrogens (tertiary/aromatic N) is 1. The van der Waals surface area contributed by atoms with Gasteiger partial charge >= 0.3 is 5.97 Å². The van der Waals surface area contributed by atoms with Gasteiger partial charge in [0.25, 0.3) is 5.91 Å². The van der Waals surface area contributed by atoms with Gasteiger partial charge in [0.15, 0.2) is 12.1 Å². The zero-order valence-electron chi connectivity index (χ0n) is 20.5. The average molecular weight is 551 g/mol. The fourth-order valence-corrected chi connectivity index (χ4v) is 7.15. The topological polar surface area (TPSA) is 119 Å². The van der Waals surface area contributed by atoms with Crippen LogP contribution in [0.4, 0.5) is 0 Å². The van der Waals surface area contributed by atoms with E-state index >= 15 is 0 Å². The molecule has 10 heteroatoms. The smallest absolute Gasteiger partial charge is 0.356 e. The van der Waals surface area contributed by atoms with Crippen molar-refractivity contribution in [2.24, 2.45) is 0 Å². The van der Waals surface area contributed by atoms with Gasteiger partial charge in [0.2, 0.25) is 11.3 Å². The van der Waals surface area contributed by atoms with Crippen molar-refractivity contribution in [1.82, 2.24) is 10.2 Å². The summed E-state index contributed by atoms with van der Waals surface area (Å²) in [5.74, 6) is -1.86. The van der Waals surface area contributed by atoms with Crippen molar-refractivity contribution in [1.29, 1.82) is 0 Å². The number of rotatable bonds is 8. The van der Waals surface area contributed by atoms with E-state index in [1.807, 2.05) is 78.2 Å². The lowest BCUT2D eigenvalue weighted by Crippen LogP contribution is -2.75. The molecule has 0 radical (unpaired) electrons. The molecular formula is C28H26N2O6S2. The van der Waals surface area contributed by atoms with E-state index in [0.717, 1.165) is 20.9 Å². The fraction of sp³-hybridized carbons (Fsp3) is 0.250. The minimum absolute atomic E-state index is 0.0975. The van der Waals surface area contributed by atoms with Crippen molar-refractivity contribution >= 4 is 40.3 Å². The second-order valence-corrected chi connectivity index (χ2v) is 11.6. The quantitative estimate of drug-likeness (QED) is 0.253. The van der Waals surface area contributed by atoms with Crippen LogP contribution in [0.2, 0.25) is 0 Å². The minimum atomic E-state index is -1.64. The molecule has 1 aromatic heterocycles. The van der Waals surface area contributed by atoms with Gasteiger partial charge in [0, 0.05) is 10.5 Å². The standard InChI is InChI=1S/C28H26N2O6S2/c1-17(31)21-16-38(35)27-23(29-22(32)15-20-13-8-14-37-20)26(33)30(27)24(21)28(34)36-25(18-9-4-2-5-10-18)19-11-6-3-7-12-19/h2-14,17,23,25,27,31H,15-16H2,1H3,(H,29,32)/t17?,23-,27+,38?/m1/s1. The number of aliphatic hydroxyl groups is 1. The molecule has 196 valence electrons. The normalized spacial score (nSPS) is 21.5.